The van der Waals surface area contributed by atoms with Crippen LogP contribution in [0.4, 0.5) is 0 Å². The summed E-state index contributed by atoms with van der Waals surface area (Å²) in [5.41, 5.74) is 2.10. The first-order valence-corrected chi connectivity index (χ1v) is 6.10. The highest BCUT2D eigenvalue weighted by atomic mass is 16.5. The normalized spacial score (nSPS) is 14.9. The minimum absolute atomic E-state index is 0.580. The van der Waals surface area contributed by atoms with Crippen molar-refractivity contribution in [2.45, 2.75) is 32.4 Å². The van der Waals surface area contributed by atoms with Crippen molar-refractivity contribution in [2.75, 3.05) is 20.3 Å². The molecule has 0 atom stereocenters. The fraction of sp³-hybridized carbons (Fsp3) is 0.615. The number of rotatable bonds is 7. The first-order valence-electron chi connectivity index (χ1n) is 6.10. The number of methoxy groups -OCH3 is 1. The Bertz CT molecular complexity index is 364. The van der Waals surface area contributed by atoms with E-state index in [1.807, 2.05) is 19.2 Å². The summed E-state index contributed by atoms with van der Waals surface area (Å²) >= 11 is 0. The molecule has 4 heteroatoms. The Balaban J connectivity index is 1.95. The van der Waals surface area contributed by atoms with E-state index >= 15 is 0 Å². The predicted octanol–water partition coefficient (Wildman–Crippen LogP) is 1.67. The van der Waals surface area contributed by atoms with Crippen molar-refractivity contribution >= 4 is 0 Å². The standard InChI is InChI=1S/C13H20N2O2/c1-10-7-13(17-6-5-16-2)11(8-14-10)9-15-12-3-4-12/h7-8,12,15H,3-6,9H2,1-2H3. The molecule has 0 unspecified atom stereocenters. The summed E-state index contributed by atoms with van der Waals surface area (Å²) in [6.45, 7) is 3.99. The van der Waals surface area contributed by atoms with Crippen LogP contribution in [-0.2, 0) is 11.3 Å². The molecule has 1 aromatic rings. The van der Waals surface area contributed by atoms with E-state index in [4.69, 9.17) is 9.47 Å². The average Bonchev–Trinajstić information content (AvgIpc) is 3.12. The van der Waals surface area contributed by atoms with Crippen molar-refractivity contribution in [3.8, 4) is 5.75 Å². The van der Waals surface area contributed by atoms with Gasteiger partial charge in [-0.3, -0.25) is 4.98 Å². The summed E-state index contributed by atoms with van der Waals surface area (Å²) < 4.78 is 10.7. The maximum atomic E-state index is 5.71. The SMILES string of the molecule is COCCOc1cc(C)ncc1CNC1CC1. The van der Waals surface area contributed by atoms with Crippen LogP contribution in [0.15, 0.2) is 12.3 Å². The molecule has 1 heterocycles. The second-order valence-corrected chi connectivity index (χ2v) is 4.43. The predicted molar refractivity (Wildman–Crippen MR) is 66.2 cm³/mol. The number of pyridine rings is 1. The number of hydrogen-bond donors (Lipinski definition) is 1. The van der Waals surface area contributed by atoms with Crippen molar-refractivity contribution in [3.63, 3.8) is 0 Å². The molecule has 0 radical (unpaired) electrons. The molecule has 0 aromatic carbocycles. The summed E-state index contributed by atoms with van der Waals surface area (Å²) in [6.07, 6.45) is 4.48. The minimum atomic E-state index is 0.580. The van der Waals surface area contributed by atoms with Crippen LogP contribution in [0, 0.1) is 6.92 Å². The smallest absolute Gasteiger partial charge is 0.127 e. The lowest BCUT2D eigenvalue weighted by Crippen LogP contribution is -2.17. The highest BCUT2D eigenvalue weighted by Gasteiger charge is 2.20. The van der Waals surface area contributed by atoms with Crippen molar-refractivity contribution in [1.29, 1.82) is 0 Å². The van der Waals surface area contributed by atoms with Gasteiger partial charge in [-0.15, -0.1) is 0 Å². The number of ether oxygens (including phenoxy) is 2. The number of hydrogen-bond acceptors (Lipinski definition) is 4. The monoisotopic (exact) mass is 236 g/mol. The van der Waals surface area contributed by atoms with Gasteiger partial charge >= 0.3 is 0 Å². The van der Waals surface area contributed by atoms with E-state index in [1.54, 1.807) is 7.11 Å². The molecule has 94 valence electrons. The van der Waals surface area contributed by atoms with Gasteiger partial charge in [-0.1, -0.05) is 0 Å². The second kappa shape index (κ2) is 5.98. The Morgan fingerprint density at radius 3 is 2.94 bits per heavy atom. The molecule has 17 heavy (non-hydrogen) atoms. The summed E-state index contributed by atoms with van der Waals surface area (Å²) in [7, 11) is 1.68. The van der Waals surface area contributed by atoms with E-state index in [0.29, 0.717) is 19.3 Å². The van der Waals surface area contributed by atoms with E-state index in [0.717, 1.165) is 23.6 Å². The van der Waals surface area contributed by atoms with Gasteiger partial charge in [0.1, 0.15) is 12.4 Å². The van der Waals surface area contributed by atoms with Crippen LogP contribution in [0.1, 0.15) is 24.1 Å². The van der Waals surface area contributed by atoms with Crippen LogP contribution < -0.4 is 10.1 Å². The Morgan fingerprint density at radius 1 is 1.41 bits per heavy atom. The molecule has 0 bridgehead atoms. The lowest BCUT2D eigenvalue weighted by atomic mass is 10.2. The summed E-state index contributed by atoms with van der Waals surface area (Å²) in [6, 6.07) is 2.68. The van der Waals surface area contributed by atoms with Gasteiger partial charge in [-0.05, 0) is 19.8 Å². The second-order valence-electron chi connectivity index (χ2n) is 4.43. The van der Waals surface area contributed by atoms with Crippen molar-refractivity contribution in [2.24, 2.45) is 0 Å². The van der Waals surface area contributed by atoms with Crippen LogP contribution in [0.25, 0.3) is 0 Å². The molecule has 4 nitrogen and oxygen atoms in total. The van der Waals surface area contributed by atoms with Crippen LogP contribution >= 0.6 is 0 Å². The van der Waals surface area contributed by atoms with E-state index in [2.05, 4.69) is 10.3 Å². The molecule has 1 N–H and O–H groups in total. The van der Waals surface area contributed by atoms with E-state index in [-0.39, 0.29) is 0 Å². The fourth-order valence-electron chi connectivity index (χ4n) is 1.61. The maximum absolute atomic E-state index is 5.71. The molecule has 1 saturated carbocycles. The molecule has 2 rings (SSSR count). The molecule has 1 fully saturated rings. The molecular weight excluding hydrogens is 216 g/mol. The molecule has 1 aliphatic carbocycles. The zero-order valence-electron chi connectivity index (χ0n) is 10.5. The van der Waals surface area contributed by atoms with Crippen molar-refractivity contribution in [3.05, 3.63) is 23.5 Å². The molecular formula is C13H20N2O2. The first kappa shape index (κ1) is 12.3. The molecule has 1 aromatic heterocycles. The van der Waals surface area contributed by atoms with Gasteiger partial charge in [0.05, 0.1) is 6.61 Å². The molecule has 0 amide bonds. The summed E-state index contributed by atoms with van der Waals surface area (Å²) in [4.78, 5) is 4.32. The Morgan fingerprint density at radius 2 is 2.24 bits per heavy atom. The Hall–Kier alpha value is -1.13. The zero-order valence-corrected chi connectivity index (χ0v) is 10.5. The average molecular weight is 236 g/mol. The topological polar surface area (TPSA) is 43.4 Å². The highest BCUT2D eigenvalue weighted by molar-refractivity contribution is 5.32. The van der Waals surface area contributed by atoms with Crippen LogP contribution in [0.3, 0.4) is 0 Å². The Labute approximate surface area is 102 Å². The van der Waals surface area contributed by atoms with Gasteiger partial charge in [-0.25, -0.2) is 0 Å². The van der Waals surface area contributed by atoms with E-state index in [1.165, 1.54) is 12.8 Å². The third-order valence-electron chi connectivity index (χ3n) is 2.78. The third-order valence-corrected chi connectivity index (χ3v) is 2.78. The van der Waals surface area contributed by atoms with Crippen molar-refractivity contribution in [1.82, 2.24) is 10.3 Å². The molecule has 0 saturated heterocycles. The third kappa shape index (κ3) is 3.98. The molecule has 0 spiro atoms. The molecule has 1 aliphatic rings. The first-order chi connectivity index (χ1) is 8.29. The minimum Gasteiger partial charge on any atom is -0.491 e. The van der Waals surface area contributed by atoms with Gasteiger partial charge in [0.25, 0.3) is 0 Å². The largest absolute Gasteiger partial charge is 0.491 e. The number of nitrogens with one attached hydrogen (secondary N) is 1. The van der Waals surface area contributed by atoms with E-state index < -0.39 is 0 Å². The van der Waals surface area contributed by atoms with Gasteiger partial charge in [0.15, 0.2) is 0 Å². The van der Waals surface area contributed by atoms with Gasteiger partial charge in [-0.2, -0.15) is 0 Å². The van der Waals surface area contributed by atoms with Crippen LogP contribution in [0.2, 0.25) is 0 Å². The quantitative estimate of drug-likeness (QED) is 0.731. The lowest BCUT2D eigenvalue weighted by molar-refractivity contribution is 0.145. The van der Waals surface area contributed by atoms with Crippen LogP contribution in [0.5, 0.6) is 5.75 Å². The zero-order chi connectivity index (χ0) is 12.1. The Kier molecular flexibility index (Phi) is 4.34. The van der Waals surface area contributed by atoms with Crippen molar-refractivity contribution < 1.29 is 9.47 Å². The van der Waals surface area contributed by atoms with Gasteiger partial charge < -0.3 is 14.8 Å². The van der Waals surface area contributed by atoms with Gasteiger partial charge in [0, 0.05) is 43.2 Å². The summed E-state index contributed by atoms with van der Waals surface area (Å²) in [5.74, 6) is 0.919. The maximum Gasteiger partial charge on any atom is 0.127 e. The summed E-state index contributed by atoms with van der Waals surface area (Å²) in [5, 5.41) is 3.47. The number of aromatic nitrogens is 1. The number of aryl methyl sites for hydroxylation is 1. The lowest BCUT2D eigenvalue weighted by Gasteiger charge is -2.12. The van der Waals surface area contributed by atoms with Gasteiger partial charge in [0.2, 0.25) is 0 Å². The number of nitrogens with zero attached hydrogens (tertiary/aromatic N) is 1. The fourth-order valence-corrected chi connectivity index (χ4v) is 1.61. The molecule has 0 aliphatic heterocycles. The van der Waals surface area contributed by atoms with E-state index in [9.17, 15) is 0 Å². The van der Waals surface area contributed by atoms with Crippen LogP contribution in [-0.4, -0.2) is 31.3 Å². The highest BCUT2D eigenvalue weighted by Crippen LogP contribution is 2.22.